The van der Waals surface area contributed by atoms with Crippen molar-refractivity contribution in [2.75, 3.05) is 18.4 Å². The molecule has 3 nitrogen and oxygen atoms in total. The van der Waals surface area contributed by atoms with Crippen molar-refractivity contribution in [3.63, 3.8) is 0 Å². The lowest BCUT2D eigenvalue weighted by molar-refractivity contribution is -0.114. The summed E-state index contributed by atoms with van der Waals surface area (Å²) in [6.07, 6.45) is 2.50. The maximum atomic E-state index is 10.9. The van der Waals surface area contributed by atoms with Crippen LogP contribution < -0.4 is 10.6 Å². The summed E-state index contributed by atoms with van der Waals surface area (Å²) in [5, 5.41) is 6.19. The maximum absolute atomic E-state index is 10.9. The lowest BCUT2D eigenvalue weighted by atomic mass is 9.92. The van der Waals surface area contributed by atoms with Gasteiger partial charge in [-0.15, -0.1) is 0 Å². The minimum Gasteiger partial charge on any atom is -0.326 e. The number of hydrogen-bond donors (Lipinski definition) is 2. The largest absolute Gasteiger partial charge is 0.326 e. The van der Waals surface area contributed by atoms with Gasteiger partial charge in [-0.3, -0.25) is 4.79 Å². The van der Waals surface area contributed by atoms with E-state index in [1.807, 2.05) is 12.1 Å². The molecule has 0 saturated carbocycles. The van der Waals surface area contributed by atoms with Gasteiger partial charge in [-0.2, -0.15) is 0 Å². The molecule has 0 radical (unpaired) electrons. The van der Waals surface area contributed by atoms with Crippen LogP contribution in [0, 0.1) is 0 Å². The highest BCUT2D eigenvalue weighted by atomic mass is 16.1. The molecule has 1 aromatic carbocycles. The number of carbonyl (C=O) groups is 1. The number of nitrogens with one attached hydrogen (secondary N) is 2. The van der Waals surface area contributed by atoms with Crippen molar-refractivity contribution in [1.29, 1.82) is 0 Å². The molecule has 3 heteroatoms. The van der Waals surface area contributed by atoms with E-state index in [-0.39, 0.29) is 5.91 Å². The molecule has 2 rings (SSSR count). The van der Waals surface area contributed by atoms with Gasteiger partial charge >= 0.3 is 0 Å². The van der Waals surface area contributed by atoms with Gasteiger partial charge in [0.05, 0.1) is 0 Å². The monoisotopic (exact) mass is 218 g/mol. The topological polar surface area (TPSA) is 41.1 Å². The molecule has 0 spiro atoms. The van der Waals surface area contributed by atoms with Crippen LogP contribution in [0.1, 0.15) is 31.2 Å². The van der Waals surface area contributed by atoms with Gasteiger partial charge in [0, 0.05) is 19.2 Å². The second kappa shape index (κ2) is 5.12. The molecule has 1 aliphatic heterocycles. The summed E-state index contributed by atoms with van der Waals surface area (Å²) in [5.41, 5.74) is 2.24. The van der Waals surface area contributed by atoms with Crippen LogP contribution in [0.15, 0.2) is 24.3 Å². The highest BCUT2D eigenvalue weighted by Crippen LogP contribution is 2.24. The fourth-order valence-corrected chi connectivity index (χ4v) is 2.18. The first-order valence-electron chi connectivity index (χ1n) is 5.84. The fourth-order valence-electron chi connectivity index (χ4n) is 2.18. The van der Waals surface area contributed by atoms with Gasteiger partial charge in [0.25, 0.3) is 0 Å². The Bertz CT molecular complexity index is 353. The van der Waals surface area contributed by atoms with Crippen molar-refractivity contribution in [2.45, 2.75) is 25.7 Å². The molecule has 1 heterocycles. The molecule has 0 unspecified atom stereocenters. The van der Waals surface area contributed by atoms with E-state index in [2.05, 4.69) is 22.8 Å². The lowest BCUT2D eigenvalue weighted by Gasteiger charge is -2.23. The Morgan fingerprint density at radius 2 is 2.12 bits per heavy atom. The van der Waals surface area contributed by atoms with Crippen LogP contribution in [-0.2, 0) is 4.79 Å². The summed E-state index contributed by atoms with van der Waals surface area (Å²) in [4.78, 5) is 10.9. The Balaban J connectivity index is 2.03. The summed E-state index contributed by atoms with van der Waals surface area (Å²) in [6, 6.07) is 8.18. The first-order valence-corrected chi connectivity index (χ1v) is 5.84. The average molecular weight is 218 g/mol. The van der Waals surface area contributed by atoms with Crippen LogP contribution in [0.5, 0.6) is 0 Å². The molecule has 1 atom stereocenters. The fraction of sp³-hybridized carbons (Fsp3) is 0.462. The van der Waals surface area contributed by atoms with Crippen molar-refractivity contribution in [3.05, 3.63) is 29.8 Å². The first kappa shape index (κ1) is 11.1. The lowest BCUT2D eigenvalue weighted by Crippen LogP contribution is -2.28. The predicted molar refractivity (Wildman–Crippen MR) is 65.6 cm³/mol. The summed E-state index contributed by atoms with van der Waals surface area (Å²) >= 11 is 0. The molecule has 16 heavy (non-hydrogen) atoms. The average Bonchev–Trinajstić information content (AvgIpc) is 2.30. The third-order valence-electron chi connectivity index (χ3n) is 3.00. The van der Waals surface area contributed by atoms with Crippen LogP contribution in [0.3, 0.4) is 0 Å². The molecular formula is C13H18N2O. The van der Waals surface area contributed by atoms with E-state index < -0.39 is 0 Å². The van der Waals surface area contributed by atoms with Crippen molar-refractivity contribution >= 4 is 11.6 Å². The second-order valence-corrected chi connectivity index (χ2v) is 4.35. The van der Waals surface area contributed by atoms with Gasteiger partial charge in [-0.1, -0.05) is 12.1 Å². The van der Waals surface area contributed by atoms with E-state index in [0.29, 0.717) is 5.92 Å². The smallest absolute Gasteiger partial charge is 0.221 e. The zero-order valence-electron chi connectivity index (χ0n) is 9.62. The minimum absolute atomic E-state index is 0.0212. The molecule has 1 amide bonds. The van der Waals surface area contributed by atoms with E-state index in [0.717, 1.165) is 18.8 Å². The van der Waals surface area contributed by atoms with Gasteiger partial charge in [0.15, 0.2) is 0 Å². The van der Waals surface area contributed by atoms with Gasteiger partial charge in [-0.25, -0.2) is 0 Å². The molecule has 86 valence electrons. The summed E-state index contributed by atoms with van der Waals surface area (Å²) in [6.45, 7) is 3.74. The third kappa shape index (κ3) is 2.83. The highest BCUT2D eigenvalue weighted by molar-refractivity contribution is 5.88. The van der Waals surface area contributed by atoms with Gasteiger partial charge in [0.1, 0.15) is 0 Å². The Morgan fingerprint density at radius 1 is 1.38 bits per heavy atom. The van der Waals surface area contributed by atoms with E-state index >= 15 is 0 Å². The predicted octanol–water partition coefficient (Wildman–Crippen LogP) is 2.11. The molecular weight excluding hydrogens is 200 g/mol. The number of anilines is 1. The van der Waals surface area contributed by atoms with E-state index in [4.69, 9.17) is 0 Å². The van der Waals surface area contributed by atoms with Crippen LogP contribution in [0.4, 0.5) is 5.69 Å². The second-order valence-electron chi connectivity index (χ2n) is 4.35. The Hall–Kier alpha value is -1.35. The van der Waals surface area contributed by atoms with Crippen LogP contribution in [-0.4, -0.2) is 19.0 Å². The number of piperidine rings is 1. The summed E-state index contributed by atoms with van der Waals surface area (Å²) < 4.78 is 0. The highest BCUT2D eigenvalue weighted by Gasteiger charge is 2.14. The molecule has 1 fully saturated rings. The van der Waals surface area contributed by atoms with Crippen LogP contribution in [0.25, 0.3) is 0 Å². The first-order chi connectivity index (χ1) is 7.75. The Labute approximate surface area is 96.2 Å². The van der Waals surface area contributed by atoms with Crippen LogP contribution in [0.2, 0.25) is 0 Å². The van der Waals surface area contributed by atoms with E-state index in [9.17, 15) is 4.79 Å². The van der Waals surface area contributed by atoms with Crippen molar-refractivity contribution in [3.8, 4) is 0 Å². The van der Waals surface area contributed by atoms with Crippen molar-refractivity contribution in [1.82, 2.24) is 5.32 Å². The number of benzene rings is 1. The normalized spacial score (nSPS) is 20.4. The standard InChI is InChI=1S/C13H18N2O/c1-10(16)15-13-6-4-11(5-7-13)12-3-2-8-14-9-12/h4-7,12,14H,2-3,8-9H2,1H3,(H,15,16)/t12-/m1/s1. The molecule has 1 saturated heterocycles. The summed E-state index contributed by atoms with van der Waals surface area (Å²) in [5.74, 6) is 0.604. The van der Waals surface area contributed by atoms with E-state index in [1.54, 1.807) is 0 Å². The van der Waals surface area contributed by atoms with Gasteiger partial charge in [0.2, 0.25) is 5.91 Å². The molecule has 1 aromatic rings. The van der Waals surface area contributed by atoms with Gasteiger partial charge in [-0.05, 0) is 43.0 Å². The van der Waals surface area contributed by atoms with Crippen molar-refractivity contribution in [2.24, 2.45) is 0 Å². The molecule has 1 aliphatic rings. The van der Waals surface area contributed by atoms with Crippen LogP contribution >= 0.6 is 0 Å². The van der Waals surface area contributed by atoms with E-state index in [1.165, 1.54) is 25.3 Å². The Morgan fingerprint density at radius 3 is 2.69 bits per heavy atom. The summed E-state index contributed by atoms with van der Waals surface area (Å²) in [7, 11) is 0. The molecule has 0 aliphatic carbocycles. The zero-order valence-corrected chi connectivity index (χ0v) is 9.62. The SMILES string of the molecule is CC(=O)Nc1ccc([C@@H]2CCCNC2)cc1. The minimum atomic E-state index is -0.0212. The maximum Gasteiger partial charge on any atom is 0.221 e. The van der Waals surface area contributed by atoms with Crippen molar-refractivity contribution < 1.29 is 4.79 Å². The molecule has 0 bridgehead atoms. The third-order valence-corrected chi connectivity index (χ3v) is 3.00. The molecule has 2 N–H and O–H groups in total. The quantitative estimate of drug-likeness (QED) is 0.798. The number of hydrogen-bond acceptors (Lipinski definition) is 2. The number of carbonyl (C=O) groups excluding carboxylic acids is 1. The number of amides is 1. The zero-order chi connectivity index (χ0) is 11.4. The molecule has 0 aromatic heterocycles. The Kier molecular flexibility index (Phi) is 3.57. The van der Waals surface area contributed by atoms with Gasteiger partial charge < -0.3 is 10.6 Å². The number of rotatable bonds is 2.